The van der Waals surface area contributed by atoms with Crippen molar-refractivity contribution < 1.29 is 0 Å². The van der Waals surface area contributed by atoms with Crippen molar-refractivity contribution >= 4 is 0 Å². The highest BCUT2D eigenvalue weighted by Crippen LogP contribution is 2.33. The van der Waals surface area contributed by atoms with Crippen LogP contribution in [0.1, 0.15) is 51.6 Å². The van der Waals surface area contributed by atoms with E-state index < -0.39 is 0 Å². The zero-order chi connectivity index (χ0) is 13.9. The molecule has 0 saturated carbocycles. The van der Waals surface area contributed by atoms with Crippen LogP contribution in [0.15, 0.2) is 24.5 Å². The molecule has 1 aliphatic heterocycles. The quantitative estimate of drug-likeness (QED) is 0.909. The van der Waals surface area contributed by atoms with Crippen LogP contribution in [0, 0.1) is 5.41 Å². The molecule has 19 heavy (non-hydrogen) atoms. The predicted octanol–water partition coefficient (Wildman–Crippen LogP) is 2.98. The van der Waals surface area contributed by atoms with E-state index in [-0.39, 0.29) is 6.04 Å². The number of hydrogen-bond acceptors (Lipinski definition) is 3. The summed E-state index contributed by atoms with van der Waals surface area (Å²) in [5.74, 6) is 0. The lowest BCUT2D eigenvalue weighted by Crippen LogP contribution is -2.40. The zero-order valence-electron chi connectivity index (χ0n) is 12.5. The van der Waals surface area contributed by atoms with Crippen molar-refractivity contribution in [2.45, 2.75) is 52.1 Å². The lowest BCUT2D eigenvalue weighted by Gasteiger charge is -2.34. The molecule has 0 aliphatic carbocycles. The Labute approximate surface area is 117 Å². The fraction of sp³-hybridized carbons (Fsp3) is 0.688. The van der Waals surface area contributed by atoms with Gasteiger partial charge in [-0.3, -0.25) is 9.88 Å². The van der Waals surface area contributed by atoms with Crippen LogP contribution in [-0.2, 0) is 0 Å². The fourth-order valence-corrected chi connectivity index (χ4v) is 3.13. The minimum Gasteiger partial charge on any atom is -0.326 e. The lowest BCUT2D eigenvalue weighted by molar-refractivity contribution is 0.175. The first kappa shape index (κ1) is 14.5. The van der Waals surface area contributed by atoms with Gasteiger partial charge in [0.15, 0.2) is 0 Å². The predicted molar refractivity (Wildman–Crippen MR) is 79.8 cm³/mol. The van der Waals surface area contributed by atoms with Crippen LogP contribution in [-0.4, -0.2) is 29.0 Å². The van der Waals surface area contributed by atoms with Gasteiger partial charge < -0.3 is 5.73 Å². The second-order valence-electron chi connectivity index (χ2n) is 6.64. The summed E-state index contributed by atoms with van der Waals surface area (Å²) in [5.41, 5.74) is 8.02. The highest BCUT2D eigenvalue weighted by molar-refractivity contribution is 5.17. The average molecular weight is 261 g/mol. The van der Waals surface area contributed by atoms with E-state index in [0.717, 1.165) is 13.1 Å². The van der Waals surface area contributed by atoms with Crippen LogP contribution >= 0.6 is 0 Å². The fourth-order valence-electron chi connectivity index (χ4n) is 3.13. The molecule has 0 spiro atoms. The van der Waals surface area contributed by atoms with Crippen LogP contribution in [0.5, 0.6) is 0 Å². The number of pyridine rings is 1. The maximum atomic E-state index is 6.26. The van der Waals surface area contributed by atoms with Gasteiger partial charge in [-0.2, -0.15) is 0 Å². The maximum absolute atomic E-state index is 6.26. The van der Waals surface area contributed by atoms with Gasteiger partial charge in [-0.1, -0.05) is 13.8 Å². The Hall–Kier alpha value is -0.930. The second-order valence-corrected chi connectivity index (χ2v) is 6.64. The van der Waals surface area contributed by atoms with E-state index >= 15 is 0 Å². The minimum atomic E-state index is 0.142. The van der Waals surface area contributed by atoms with E-state index in [1.807, 2.05) is 12.4 Å². The molecule has 0 radical (unpaired) electrons. The number of rotatable bonds is 3. The van der Waals surface area contributed by atoms with Crippen molar-refractivity contribution in [3.63, 3.8) is 0 Å². The Balaban J connectivity index is 2.16. The van der Waals surface area contributed by atoms with Gasteiger partial charge in [-0.25, -0.2) is 0 Å². The second kappa shape index (κ2) is 6.02. The normalized spacial score (nSPS) is 23.6. The number of nitrogens with zero attached hydrogens (tertiary/aromatic N) is 2. The molecule has 2 heterocycles. The molecular weight excluding hydrogens is 234 g/mol. The Morgan fingerprint density at radius 1 is 1.21 bits per heavy atom. The molecule has 2 unspecified atom stereocenters. The first-order valence-electron chi connectivity index (χ1n) is 7.39. The largest absolute Gasteiger partial charge is 0.326 e. The number of likely N-dealkylation sites (tertiary alicyclic amines) is 1. The topological polar surface area (TPSA) is 42.1 Å². The number of aromatic nitrogens is 1. The minimum absolute atomic E-state index is 0.142. The highest BCUT2D eigenvalue weighted by atomic mass is 15.2. The van der Waals surface area contributed by atoms with E-state index in [1.54, 1.807) is 0 Å². The molecule has 3 nitrogen and oxygen atoms in total. The summed E-state index contributed by atoms with van der Waals surface area (Å²) >= 11 is 0. The molecule has 3 heteroatoms. The van der Waals surface area contributed by atoms with Crippen LogP contribution in [0.25, 0.3) is 0 Å². The molecule has 0 aromatic carbocycles. The number of nitrogens with two attached hydrogens (primary N) is 1. The molecule has 0 amide bonds. The van der Waals surface area contributed by atoms with Gasteiger partial charge in [0.2, 0.25) is 0 Å². The molecule has 1 aliphatic rings. The summed E-state index contributed by atoms with van der Waals surface area (Å²) in [7, 11) is 0. The van der Waals surface area contributed by atoms with Crippen molar-refractivity contribution in [3.8, 4) is 0 Å². The van der Waals surface area contributed by atoms with Gasteiger partial charge in [-0.15, -0.1) is 0 Å². The van der Waals surface area contributed by atoms with Crippen LogP contribution in [0.3, 0.4) is 0 Å². The summed E-state index contributed by atoms with van der Waals surface area (Å²) in [6.45, 7) is 9.16. The third-order valence-electron chi connectivity index (χ3n) is 4.31. The van der Waals surface area contributed by atoms with Gasteiger partial charge in [-0.05, 0) is 62.4 Å². The molecule has 2 N–H and O–H groups in total. The van der Waals surface area contributed by atoms with E-state index in [2.05, 4.69) is 42.8 Å². The van der Waals surface area contributed by atoms with Gasteiger partial charge >= 0.3 is 0 Å². The Kier molecular flexibility index (Phi) is 4.58. The number of hydrogen-bond donors (Lipinski definition) is 1. The smallest absolute Gasteiger partial charge is 0.0497 e. The summed E-state index contributed by atoms with van der Waals surface area (Å²) < 4.78 is 0. The maximum Gasteiger partial charge on any atom is 0.0497 e. The van der Waals surface area contributed by atoms with Gasteiger partial charge in [0.25, 0.3) is 0 Å². The molecule has 2 rings (SSSR count). The SMILES string of the molecule is CC(N)C(c1ccncc1)N1CCCC(C)(C)CC1. The third kappa shape index (κ3) is 3.77. The van der Waals surface area contributed by atoms with E-state index in [4.69, 9.17) is 5.73 Å². The molecule has 0 bridgehead atoms. The van der Waals surface area contributed by atoms with E-state index in [0.29, 0.717) is 11.5 Å². The van der Waals surface area contributed by atoms with Gasteiger partial charge in [0.05, 0.1) is 0 Å². The monoisotopic (exact) mass is 261 g/mol. The average Bonchev–Trinajstić information content (AvgIpc) is 2.52. The van der Waals surface area contributed by atoms with Gasteiger partial charge in [0, 0.05) is 24.5 Å². The summed E-state index contributed by atoms with van der Waals surface area (Å²) in [4.78, 5) is 6.68. The standard InChI is InChI=1S/C16H27N3/c1-13(17)15(14-5-9-18-10-6-14)19-11-4-7-16(2,3)8-12-19/h5-6,9-10,13,15H,4,7-8,11-12,17H2,1-3H3. The molecule has 1 saturated heterocycles. The lowest BCUT2D eigenvalue weighted by atomic mass is 9.85. The zero-order valence-corrected chi connectivity index (χ0v) is 12.5. The summed E-state index contributed by atoms with van der Waals surface area (Å²) in [6, 6.07) is 4.66. The van der Waals surface area contributed by atoms with Crippen LogP contribution < -0.4 is 5.73 Å². The Morgan fingerprint density at radius 2 is 1.89 bits per heavy atom. The van der Waals surface area contributed by atoms with E-state index in [1.165, 1.54) is 24.8 Å². The van der Waals surface area contributed by atoms with E-state index in [9.17, 15) is 0 Å². The Bertz CT molecular complexity index is 386. The first-order valence-corrected chi connectivity index (χ1v) is 7.39. The third-order valence-corrected chi connectivity index (χ3v) is 4.31. The molecular formula is C16H27N3. The summed E-state index contributed by atoms with van der Waals surface area (Å²) in [6.07, 6.45) is 7.56. The van der Waals surface area contributed by atoms with Crippen molar-refractivity contribution in [1.82, 2.24) is 9.88 Å². The molecule has 2 atom stereocenters. The van der Waals surface area contributed by atoms with Crippen molar-refractivity contribution in [3.05, 3.63) is 30.1 Å². The molecule has 1 aromatic heterocycles. The molecule has 1 fully saturated rings. The Morgan fingerprint density at radius 3 is 2.53 bits per heavy atom. The van der Waals surface area contributed by atoms with Crippen molar-refractivity contribution in [1.29, 1.82) is 0 Å². The highest BCUT2D eigenvalue weighted by Gasteiger charge is 2.29. The van der Waals surface area contributed by atoms with Crippen molar-refractivity contribution in [2.24, 2.45) is 11.1 Å². The molecule has 1 aromatic rings. The van der Waals surface area contributed by atoms with Crippen LogP contribution in [0.4, 0.5) is 0 Å². The van der Waals surface area contributed by atoms with Gasteiger partial charge in [0.1, 0.15) is 0 Å². The first-order chi connectivity index (χ1) is 8.99. The van der Waals surface area contributed by atoms with Crippen LogP contribution in [0.2, 0.25) is 0 Å². The summed E-state index contributed by atoms with van der Waals surface area (Å²) in [5, 5.41) is 0. The van der Waals surface area contributed by atoms with Crippen molar-refractivity contribution in [2.75, 3.05) is 13.1 Å². The molecule has 106 valence electrons.